The lowest BCUT2D eigenvalue weighted by Crippen LogP contribution is -2.29. The van der Waals surface area contributed by atoms with Gasteiger partial charge in [0.15, 0.2) is 0 Å². The van der Waals surface area contributed by atoms with Gasteiger partial charge in [-0.3, -0.25) is 0 Å². The van der Waals surface area contributed by atoms with E-state index in [1.54, 1.807) is 23.7 Å². The van der Waals surface area contributed by atoms with Gasteiger partial charge in [-0.15, -0.1) is 11.3 Å². The third kappa shape index (κ3) is 4.72. The molecule has 6 heteroatoms. The predicted octanol–water partition coefficient (Wildman–Crippen LogP) is 3.54. The molecule has 3 rings (SSSR count). The third-order valence-electron chi connectivity index (χ3n) is 4.58. The molecule has 23 heavy (non-hydrogen) atoms. The Morgan fingerprint density at radius 1 is 1.13 bits per heavy atom. The molecule has 0 atom stereocenters. The Kier molecular flexibility index (Phi) is 5.93. The minimum Gasteiger partial charge on any atom is -0.381 e. The van der Waals surface area contributed by atoms with Crippen molar-refractivity contribution < 1.29 is 4.74 Å². The van der Waals surface area contributed by atoms with Crippen LogP contribution < -0.4 is 4.90 Å². The van der Waals surface area contributed by atoms with Gasteiger partial charge < -0.3 is 9.64 Å². The lowest BCUT2D eigenvalue weighted by Gasteiger charge is -2.29. The summed E-state index contributed by atoms with van der Waals surface area (Å²) in [5.41, 5.74) is 0. The first-order valence-electron chi connectivity index (χ1n) is 8.28. The molecule has 1 fully saturated rings. The average Bonchev–Trinajstić information content (AvgIpc) is 3.13. The zero-order valence-corrected chi connectivity index (χ0v) is 14.4. The van der Waals surface area contributed by atoms with Gasteiger partial charge in [0.1, 0.15) is 5.01 Å². The summed E-state index contributed by atoms with van der Waals surface area (Å²) < 4.78 is 5.47. The molecule has 5 nitrogen and oxygen atoms in total. The Morgan fingerprint density at radius 3 is 2.57 bits per heavy atom. The van der Waals surface area contributed by atoms with Crippen molar-refractivity contribution in [2.24, 2.45) is 5.92 Å². The Hall–Kier alpha value is -1.53. The summed E-state index contributed by atoms with van der Waals surface area (Å²) >= 11 is 1.69. The number of methoxy groups -OCH3 is 1. The number of hydrogen-bond donors (Lipinski definition) is 0. The first-order chi connectivity index (χ1) is 11.3. The lowest BCUT2D eigenvalue weighted by atomic mass is 9.85. The van der Waals surface area contributed by atoms with E-state index in [1.165, 1.54) is 32.1 Å². The summed E-state index contributed by atoms with van der Waals surface area (Å²) in [6.07, 6.45) is 12.0. The number of hydrogen-bond acceptors (Lipinski definition) is 6. The molecule has 2 aromatic heterocycles. The molecule has 0 spiro atoms. The number of aromatic nitrogens is 3. The molecule has 124 valence electrons. The maximum Gasteiger partial charge on any atom is 0.225 e. The van der Waals surface area contributed by atoms with Crippen molar-refractivity contribution in [1.29, 1.82) is 0 Å². The Balaban J connectivity index is 1.58. The van der Waals surface area contributed by atoms with E-state index in [4.69, 9.17) is 4.74 Å². The van der Waals surface area contributed by atoms with Crippen LogP contribution in [0.15, 0.2) is 30.0 Å². The Labute approximate surface area is 141 Å². The van der Waals surface area contributed by atoms with Crippen LogP contribution in [-0.4, -0.2) is 34.7 Å². The highest BCUT2D eigenvalue weighted by Gasteiger charge is 2.22. The molecule has 0 aromatic carbocycles. The molecule has 0 N–H and O–H groups in total. The zero-order chi connectivity index (χ0) is 15.9. The first kappa shape index (κ1) is 16.3. The van der Waals surface area contributed by atoms with Crippen LogP contribution in [-0.2, 0) is 11.3 Å². The van der Waals surface area contributed by atoms with Gasteiger partial charge in [-0.2, -0.15) is 0 Å². The molecule has 0 aliphatic heterocycles. The fourth-order valence-electron chi connectivity index (χ4n) is 3.19. The van der Waals surface area contributed by atoms with E-state index in [9.17, 15) is 0 Å². The van der Waals surface area contributed by atoms with Crippen molar-refractivity contribution in [1.82, 2.24) is 15.0 Å². The van der Waals surface area contributed by atoms with E-state index in [2.05, 4.69) is 19.9 Å². The molecular formula is C17H24N4OS. The van der Waals surface area contributed by atoms with Gasteiger partial charge in [0.2, 0.25) is 5.95 Å². The van der Waals surface area contributed by atoms with Crippen molar-refractivity contribution >= 4 is 17.3 Å². The van der Waals surface area contributed by atoms with Crippen LogP contribution in [0.25, 0.3) is 0 Å². The van der Waals surface area contributed by atoms with Crippen molar-refractivity contribution in [2.75, 3.05) is 18.6 Å². The van der Waals surface area contributed by atoms with Gasteiger partial charge in [0.25, 0.3) is 0 Å². The molecule has 0 radical (unpaired) electrons. The van der Waals surface area contributed by atoms with Gasteiger partial charge in [-0.1, -0.05) is 0 Å². The van der Waals surface area contributed by atoms with Gasteiger partial charge in [-0.05, 0) is 44.1 Å². The zero-order valence-electron chi connectivity index (χ0n) is 13.6. The molecule has 1 aliphatic carbocycles. The number of rotatable bonds is 7. The maximum absolute atomic E-state index is 5.47. The fraction of sp³-hybridized carbons (Fsp3) is 0.588. The minimum absolute atomic E-state index is 0.468. The molecule has 0 amide bonds. The van der Waals surface area contributed by atoms with Crippen LogP contribution in [0.4, 0.5) is 5.95 Å². The van der Waals surface area contributed by atoms with Gasteiger partial charge in [-0.25, -0.2) is 15.0 Å². The third-order valence-corrected chi connectivity index (χ3v) is 5.34. The summed E-state index contributed by atoms with van der Waals surface area (Å²) in [4.78, 5) is 15.5. The number of thiazole rings is 1. The molecule has 2 heterocycles. The lowest BCUT2D eigenvalue weighted by molar-refractivity contribution is 0.0558. The summed E-state index contributed by atoms with van der Waals surface area (Å²) in [5, 5.41) is 3.13. The SMILES string of the molecule is COC1CCC(CCN(Cc2nccs2)c2ncccn2)CC1. The normalized spacial score (nSPS) is 21.3. The Morgan fingerprint density at radius 2 is 1.91 bits per heavy atom. The minimum atomic E-state index is 0.468. The average molecular weight is 332 g/mol. The van der Waals surface area contributed by atoms with E-state index in [1.807, 2.05) is 24.8 Å². The largest absolute Gasteiger partial charge is 0.381 e. The highest BCUT2D eigenvalue weighted by Crippen LogP contribution is 2.29. The van der Waals surface area contributed by atoms with Crippen molar-refractivity contribution in [3.8, 4) is 0 Å². The molecule has 0 bridgehead atoms. The van der Waals surface area contributed by atoms with Gasteiger partial charge in [0, 0.05) is 37.6 Å². The molecule has 2 aromatic rings. The van der Waals surface area contributed by atoms with E-state index >= 15 is 0 Å². The molecule has 0 unspecified atom stereocenters. The van der Waals surface area contributed by atoms with Gasteiger partial charge in [0.05, 0.1) is 12.6 Å². The van der Waals surface area contributed by atoms with Crippen LogP contribution in [0.5, 0.6) is 0 Å². The number of ether oxygens (including phenoxy) is 1. The second-order valence-electron chi connectivity index (χ2n) is 6.06. The van der Waals surface area contributed by atoms with Crippen molar-refractivity contribution in [3.63, 3.8) is 0 Å². The quantitative estimate of drug-likeness (QED) is 0.776. The van der Waals surface area contributed by atoms with Crippen LogP contribution in [0, 0.1) is 5.92 Å². The summed E-state index contributed by atoms with van der Waals surface area (Å²) in [7, 11) is 1.83. The van der Waals surface area contributed by atoms with Crippen molar-refractivity contribution in [2.45, 2.75) is 44.8 Å². The van der Waals surface area contributed by atoms with Crippen LogP contribution in [0.2, 0.25) is 0 Å². The molecule has 0 saturated heterocycles. The molecule has 1 saturated carbocycles. The predicted molar refractivity (Wildman–Crippen MR) is 92.6 cm³/mol. The number of anilines is 1. The second kappa shape index (κ2) is 8.36. The summed E-state index contributed by atoms with van der Waals surface area (Å²) in [5.74, 6) is 1.58. The number of nitrogens with zero attached hydrogens (tertiary/aromatic N) is 4. The van der Waals surface area contributed by atoms with E-state index < -0.39 is 0 Å². The smallest absolute Gasteiger partial charge is 0.225 e. The molecule has 1 aliphatic rings. The van der Waals surface area contributed by atoms with Gasteiger partial charge >= 0.3 is 0 Å². The monoisotopic (exact) mass is 332 g/mol. The van der Waals surface area contributed by atoms with Crippen molar-refractivity contribution in [3.05, 3.63) is 35.0 Å². The molecular weight excluding hydrogens is 308 g/mol. The summed E-state index contributed by atoms with van der Waals surface area (Å²) in [6, 6.07) is 1.86. The summed E-state index contributed by atoms with van der Waals surface area (Å²) in [6.45, 7) is 1.76. The van der Waals surface area contributed by atoms with Crippen LogP contribution in [0.3, 0.4) is 0 Å². The second-order valence-corrected chi connectivity index (χ2v) is 7.04. The highest BCUT2D eigenvalue weighted by atomic mass is 32.1. The van der Waals surface area contributed by atoms with E-state index in [-0.39, 0.29) is 0 Å². The van der Waals surface area contributed by atoms with Crippen LogP contribution in [0.1, 0.15) is 37.1 Å². The van der Waals surface area contributed by atoms with E-state index in [0.29, 0.717) is 6.10 Å². The standard InChI is InChI=1S/C17H24N4OS/c1-22-15-5-3-14(4-6-15)7-11-21(13-16-18-10-12-23-16)17-19-8-2-9-20-17/h2,8-10,12,14-15H,3-7,11,13H2,1H3. The highest BCUT2D eigenvalue weighted by molar-refractivity contribution is 7.09. The fourth-order valence-corrected chi connectivity index (χ4v) is 3.82. The van der Waals surface area contributed by atoms with E-state index in [0.717, 1.165) is 30.0 Å². The first-order valence-corrected chi connectivity index (χ1v) is 9.16. The maximum atomic E-state index is 5.47. The Bertz CT molecular complexity index is 555. The topological polar surface area (TPSA) is 51.1 Å². The van der Waals surface area contributed by atoms with Crippen LogP contribution >= 0.6 is 11.3 Å².